The first-order valence-electron chi connectivity index (χ1n) is 6.51. The van der Waals surface area contributed by atoms with Crippen molar-refractivity contribution >= 4 is 5.69 Å². The number of hydrogen-bond donors (Lipinski definition) is 1. The number of benzene rings is 2. The molecule has 0 unspecified atom stereocenters. The van der Waals surface area contributed by atoms with Gasteiger partial charge in [0.1, 0.15) is 5.82 Å². The van der Waals surface area contributed by atoms with E-state index in [1.807, 2.05) is 32.0 Å². The van der Waals surface area contributed by atoms with Crippen molar-refractivity contribution in [2.24, 2.45) is 0 Å². The zero-order valence-electron chi connectivity index (χ0n) is 11.7. The van der Waals surface area contributed by atoms with Crippen LogP contribution in [0.25, 0.3) is 22.8 Å². The van der Waals surface area contributed by atoms with E-state index < -0.39 is 0 Å². The summed E-state index contributed by atoms with van der Waals surface area (Å²) in [5.41, 5.74) is 9.56. The van der Waals surface area contributed by atoms with Crippen molar-refractivity contribution in [3.05, 3.63) is 53.3 Å². The Hall–Kier alpha value is -2.69. The van der Waals surface area contributed by atoms with E-state index in [0.717, 1.165) is 16.7 Å². The molecule has 2 aromatic carbocycles. The van der Waals surface area contributed by atoms with Crippen LogP contribution in [0.2, 0.25) is 0 Å². The van der Waals surface area contributed by atoms with E-state index in [1.165, 1.54) is 12.1 Å². The summed E-state index contributed by atoms with van der Waals surface area (Å²) in [4.78, 5) is 4.34. The monoisotopic (exact) mass is 283 g/mol. The second-order valence-corrected chi connectivity index (χ2v) is 5.01. The Kier molecular flexibility index (Phi) is 3.17. The van der Waals surface area contributed by atoms with Crippen molar-refractivity contribution in [2.75, 3.05) is 5.73 Å². The van der Waals surface area contributed by atoms with Gasteiger partial charge in [-0.1, -0.05) is 5.16 Å². The molecule has 5 heteroatoms. The second-order valence-electron chi connectivity index (χ2n) is 5.01. The van der Waals surface area contributed by atoms with Gasteiger partial charge in [-0.25, -0.2) is 4.39 Å². The average Bonchev–Trinajstić information content (AvgIpc) is 2.87. The van der Waals surface area contributed by atoms with Gasteiger partial charge in [0.15, 0.2) is 0 Å². The smallest absolute Gasteiger partial charge is 0.258 e. The first kappa shape index (κ1) is 13.3. The lowest BCUT2D eigenvalue weighted by Crippen LogP contribution is -1.89. The number of rotatable bonds is 2. The Morgan fingerprint density at radius 3 is 2.62 bits per heavy atom. The highest BCUT2D eigenvalue weighted by Crippen LogP contribution is 2.26. The highest BCUT2D eigenvalue weighted by Gasteiger charge is 2.13. The molecule has 0 fully saturated rings. The lowest BCUT2D eigenvalue weighted by atomic mass is 10.1. The number of aryl methyl sites for hydroxylation is 2. The van der Waals surface area contributed by atoms with Gasteiger partial charge >= 0.3 is 0 Å². The minimum Gasteiger partial charge on any atom is -0.399 e. The van der Waals surface area contributed by atoms with Crippen LogP contribution in [0.1, 0.15) is 11.1 Å². The third kappa shape index (κ3) is 2.63. The van der Waals surface area contributed by atoms with E-state index in [-0.39, 0.29) is 5.82 Å². The topological polar surface area (TPSA) is 64.9 Å². The molecule has 3 aromatic rings. The molecule has 1 heterocycles. The van der Waals surface area contributed by atoms with Crippen LogP contribution < -0.4 is 5.73 Å². The Morgan fingerprint density at radius 2 is 1.90 bits per heavy atom. The largest absolute Gasteiger partial charge is 0.399 e. The van der Waals surface area contributed by atoms with Crippen LogP contribution in [0, 0.1) is 19.7 Å². The Bertz CT molecular complexity index is 791. The van der Waals surface area contributed by atoms with Gasteiger partial charge in [0.25, 0.3) is 5.89 Å². The fraction of sp³-hybridized carbons (Fsp3) is 0.125. The minimum atomic E-state index is -0.319. The van der Waals surface area contributed by atoms with Crippen LogP contribution in [0.4, 0.5) is 10.1 Å². The first-order valence-corrected chi connectivity index (χ1v) is 6.51. The van der Waals surface area contributed by atoms with Crippen LogP contribution in [0.15, 0.2) is 40.9 Å². The highest BCUT2D eigenvalue weighted by atomic mass is 19.1. The molecule has 4 nitrogen and oxygen atoms in total. The molecule has 0 radical (unpaired) electrons. The summed E-state index contributed by atoms with van der Waals surface area (Å²) >= 11 is 0. The Balaban J connectivity index is 2.03. The van der Waals surface area contributed by atoms with Crippen molar-refractivity contribution in [2.45, 2.75) is 13.8 Å². The lowest BCUT2D eigenvalue weighted by molar-refractivity contribution is 0.432. The molecule has 0 saturated heterocycles. The van der Waals surface area contributed by atoms with Crippen molar-refractivity contribution in [1.82, 2.24) is 10.1 Å². The number of hydrogen-bond acceptors (Lipinski definition) is 4. The molecule has 0 aliphatic carbocycles. The molecule has 3 rings (SSSR count). The standard InChI is InChI=1S/C16H14FN3O/c1-9-5-11(8-12(17)6-9)15-19-16(21-20-15)14-4-3-13(18)7-10(14)2/h3-8H,18H2,1-2H3. The number of nitrogen functional groups attached to an aromatic ring is 1. The number of halogens is 1. The molecule has 0 aliphatic heterocycles. The molecule has 1 aromatic heterocycles. The predicted octanol–water partition coefficient (Wildman–Crippen LogP) is 3.74. The van der Waals surface area contributed by atoms with Crippen molar-refractivity contribution in [3.63, 3.8) is 0 Å². The van der Waals surface area contributed by atoms with Crippen molar-refractivity contribution in [3.8, 4) is 22.8 Å². The zero-order chi connectivity index (χ0) is 15.0. The molecule has 21 heavy (non-hydrogen) atoms. The van der Waals surface area contributed by atoms with Gasteiger partial charge in [-0.05, 0) is 61.4 Å². The summed E-state index contributed by atoms with van der Waals surface area (Å²) < 4.78 is 18.7. The molecular formula is C16H14FN3O. The van der Waals surface area contributed by atoms with E-state index in [9.17, 15) is 4.39 Å². The molecule has 106 valence electrons. The Morgan fingerprint density at radius 1 is 1.10 bits per heavy atom. The van der Waals surface area contributed by atoms with E-state index in [2.05, 4.69) is 10.1 Å². The van der Waals surface area contributed by atoms with Gasteiger partial charge in [-0.3, -0.25) is 0 Å². The summed E-state index contributed by atoms with van der Waals surface area (Å²) in [7, 11) is 0. The van der Waals surface area contributed by atoms with Crippen LogP contribution in [-0.2, 0) is 0 Å². The third-order valence-corrected chi connectivity index (χ3v) is 3.21. The van der Waals surface area contributed by atoms with Crippen LogP contribution in [-0.4, -0.2) is 10.1 Å². The summed E-state index contributed by atoms with van der Waals surface area (Å²) in [6.45, 7) is 3.74. The first-order chi connectivity index (χ1) is 10.0. The summed E-state index contributed by atoms with van der Waals surface area (Å²) in [5, 5.41) is 3.92. The van der Waals surface area contributed by atoms with Gasteiger partial charge < -0.3 is 10.3 Å². The van der Waals surface area contributed by atoms with E-state index in [0.29, 0.717) is 23.0 Å². The minimum absolute atomic E-state index is 0.319. The summed E-state index contributed by atoms with van der Waals surface area (Å²) in [6, 6.07) is 10.1. The van der Waals surface area contributed by atoms with Crippen LogP contribution in [0.3, 0.4) is 0 Å². The lowest BCUT2D eigenvalue weighted by Gasteiger charge is -2.01. The van der Waals surface area contributed by atoms with Gasteiger partial charge in [0.05, 0.1) is 0 Å². The molecule has 0 aliphatic rings. The maximum Gasteiger partial charge on any atom is 0.258 e. The maximum absolute atomic E-state index is 13.5. The fourth-order valence-corrected chi connectivity index (χ4v) is 2.24. The summed E-state index contributed by atoms with van der Waals surface area (Å²) in [5.74, 6) is 0.438. The highest BCUT2D eigenvalue weighted by molar-refractivity contribution is 5.65. The molecular weight excluding hydrogens is 269 g/mol. The number of anilines is 1. The van der Waals surface area contributed by atoms with Gasteiger partial charge in [-0.2, -0.15) is 4.98 Å². The number of aromatic nitrogens is 2. The SMILES string of the molecule is Cc1cc(F)cc(-c2noc(-c3ccc(N)cc3C)n2)c1. The molecule has 2 N–H and O–H groups in total. The van der Waals surface area contributed by atoms with Crippen LogP contribution in [0.5, 0.6) is 0 Å². The number of nitrogens with two attached hydrogens (primary N) is 1. The average molecular weight is 283 g/mol. The van der Waals surface area contributed by atoms with Gasteiger partial charge in [-0.15, -0.1) is 0 Å². The van der Waals surface area contributed by atoms with Crippen molar-refractivity contribution < 1.29 is 8.91 Å². The third-order valence-electron chi connectivity index (χ3n) is 3.21. The van der Waals surface area contributed by atoms with E-state index in [4.69, 9.17) is 10.3 Å². The van der Waals surface area contributed by atoms with Gasteiger partial charge in [0, 0.05) is 16.8 Å². The predicted molar refractivity (Wildman–Crippen MR) is 79.0 cm³/mol. The van der Waals surface area contributed by atoms with Crippen LogP contribution >= 0.6 is 0 Å². The maximum atomic E-state index is 13.5. The quantitative estimate of drug-likeness (QED) is 0.727. The normalized spacial score (nSPS) is 10.8. The molecule has 0 bridgehead atoms. The Labute approximate surface area is 121 Å². The summed E-state index contributed by atoms with van der Waals surface area (Å²) in [6.07, 6.45) is 0. The number of nitrogens with zero attached hydrogens (tertiary/aromatic N) is 2. The van der Waals surface area contributed by atoms with E-state index in [1.54, 1.807) is 6.07 Å². The molecule has 0 atom stereocenters. The van der Waals surface area contributed by atoms with E-state index >= 15 is 0 Å². The second kappa shape index (κ2) is 5.01. The molecule has 0 spiro atoms. The zero-order valence-corrected chi connectivity index (χ0v) is 11.7. The van der Waals surface area contributed by atoms with Crippen molar-refractivity contribution in [1.29, 1.82) is 0 Å². The van der Waals surface area contributed by atoms with Gasteiger partial charge in [0.2, 0.25) is 5.82 Å². The molecule has 0 amide bonds. The molecule has 0 saturated carbocycles. The fourth-order valence-electron chi connectivity index (χ4n) is 2.24.